The van der Waals surface area contributed by atoms with E-state index in [-0.39, 0.29) is 17.9 Å². The van der Waals surface area contributed by atoms with Gasteiger partial charge in [0.1, 0.15) is 35.8 Å². The number of halogens is 2. The van der Waals surface area contributed by atoms with Crippen molar-refractivity contribution >= 4 is 0 Å². The zero-order chi connectivity index (χ0) is 17.1. The van der Waals surface area contributed by atoms with Crippen molar-refractivity contribution in [3.05, 3.63) is 64.9 Å². The lowest BCUT2D eigenvalue weighted by Crippen LogP contribution is -1.99. The molecule has 120 valence electrons. The Labute approximate surface area is 136 Å². The molecule has 0 bridgehead atoms. The van der Waals surface area contributed by atoms with Crippen LogP contribution >= 0.6 is 0 Å². The maximum Gasteiger partial charge on any atom is 0.163 e. The van der Waals surface area contributed by atoms with Crippen molar-refractivity contribution in [1.29, 1.82) is 5.26 Å². The van der Waals surface area contributed by atoms with Crippen molar-refractivity contribution in [3.63, 3.8) is 0 Å². The van der Waals surface area contributed by atoms with Crippen LogP contribution in [0.15, 0.2) is 36.4 Å². The van der Waals surface area contributed by atoms with Crippen molar-refractivity contribution in [3.8, 4) is 23.1 Å². The summed E-state index contributed by atoms with van der Waals surface area (Å²) in [6, 6.07) is 10.6. The number of ether oxygens (including phenoxy) is 1. The van der Waals surface area contributed by atoms with Crippen molar-refractivity contribution < 1.29 is 13.5 Å². The number of aromatic amines is 1. The highest BCUT2D eigenvalue weighted by Gasteiger charge is 2.12. The van der Waals surface area contributed by atoms with Gasteiger partial charge in [-0.2, -0.15) is 5.26 Å². The lowest BCUT2D eigenvalue weighted by molar-refractivity contribution is 0.299. The Kier molecular flexibility index (Phi) is 4.20. The standard InChI is InChI=1S/C17H12F2N4O/c1-10-4-12(17-16(8-20)21-23-22-17)6-14(5-10)24-9-11-2-3-13(18)7-15(11)19/h2-7H,9H2,1H3,(H,21,22,23). The molecule has 0 unspecified atom stereocenters. The summed E-state index contributed by atoms with van der Waals surface area (Å²) < 4.78 is 32.2. The van der Waals surface area contributed by atoms with Crippen molar-refractivity contribution in [2.75, 3.05) is 0 Å². The largest absolute Gasteiger partial charge is 0.489 e. The van der Waals surface area contributed by atoms with Crippen LogP contribution < -0.4 is 4.74 Å². The molecule has 3 rings (SSSR count). The molecule has 1 aromatic heterocycles. The molecule has 24 heavy (non-hydrogen) atoms. The molecule has 2 aromatic carbocycles. The zero-order valence-corrected chi connectivity index (χ0v) is 12.7. The van der Waals surface area contributed by atoms with Crippen LogP contribution in [0.2, 0.25) is 0 Å². The van der Waals surface area contributed by atoms with E-state index in [1.165, 1.54) is 12.1 Å². The summed E-state index contributed by atoms with van der Waals surface area (Å²) in [6.45, 7) is 1.82. The molecule has 0 radical (unpaired) electrons. The van der Waals surface area contributed by atoms with E-state index in [9.17, 15) is 8.78 Å². The first-order chi connectivity index (χ1) is 11.6. The zero-order valence-electron chi connectivity index (χ0n) is 12.7. The number of nitrogens with one attached hydrogen (secondary N) is 1. The quantitative estimate of drug-likeness (QED) is 0.796. The Bertz CT molecular complexity index is 931. The van der Waals surface area contributed by atoms with E-state index >= 15 is 0 Å². The van der Waals surface area contributed by atoms with Crippen LogP contribution in [0.4, 0.5) is 8.78 Å². The van der Waals surface area contributed by atoms with Crippen molar-refractivity contribution in [2.24, 2.45) is 0 Å². The first-order valence-corrected chi connectivity index (χ1v) is 7.07. The van der Waals surface area contributed by atoms with Gasteiger partial charge in [-0.15, -0.1) is 5.10 Å². The van der Waals surface area contributed by atoms with Gasteiger partial charge in [0.15, 0.2) is 5.69 Å². The van der Waals surface area contributed by atoms with Crippen LogP contribution in [-0.2, 0) is 6.61 Å². The minimum atomic E-state index is -0.661. The van der Waals surface area contributed by atoms with Gasteiger partial charge in [0.05, 0.1) is 0 Å². The molecule has 0 saturated carbocycles. The van der Waals surface area contributed by atoms with Gasteiger partial charge in [-0.3, -0.25) is 0 Å². The number of nitriles is 1. The number of nitrogens with zero attached hydrogens (tertiary/aromatic N) is 3. The number of hydrogen-bond donors (Lipinski definition) is 1. The Hall–Kier alpha value is -3.27. The molecule has 1 heterocycles. The number of aryl methyl sites for hydroxylation is 1. The molecule has 0 atom stereocenters. The number of hydrogen-bond acceptors (Lipinski definition) is 4. The molecule has 0 fully saturated rings. The summed E-state index contributed by atoms with van der Waals surface area (Å²) in [5.41, 5.74) is 2.46. The summed E-state index contributed by atoms with van der Waals surface area (Å²) in [5, 5.41) is 19.1. The van der Waals surface area contributed by atoms with E-state index in [1.807, 2.05) is 19.1 Å². The van der Waals surface area contributed by atoms with E-state index in [0.29, 0.717) is 17.0 Å². The fraction of sp³-hybridized carbons (Fsp3) is 0.118. The highest BCUT2D eigenvalue weighted by atomic mass is 19.1. The molecule has 3 aromatic rings. The van der Waals surface area contributed by atoms with E-state index < -0.39 is 11.6 Å². The minimum absolute atomic E-state index is 0.0427. The first-order valence-electron chi connectivity index (χ1n) is 7.07. The summed E-state index contributed by atoms with van der Waals surface area (Å²) in [5.74, 6) is -0.809. The molecular weight excluding hydrogens is 314 g/mol. The summed E-state index contributed by atoms with van der Waals surface area (Å²) in [4.78, 5) is 0. The second-order valence-corrected chi connectivity index (χ2v) is 5.21. The normalized spacial score (nSPS) is 10.4. The van der Waals surface area contributed by atoms with E-state index in [2.05, 4.69) is 15.4 Å². The molecule has 1 N–H and O–H groups in total. The van der Waals surface area contributed by atoms with Crippen LogP contribution in [0.5, 0.6) is 5.75 Å². The predicted octanol–water partition coefficient (Wildman–Crippen LogP) is 3.51. The van der Waals surface area contributed by atoms with Crippen LogP contribution in [0.25, 0.3) is 11.3 Å². The lowest BCUT2D eigenvalue weighted by atomic mass is 10.1. The number of aromatic nitrogens is 3. The highest BCUT2D eigenvalue weighted by Crippen LogP contribution is 2.26. The predicted molar refractivity (Wildman–Crippen MR) is 82.0 cm³/mol. The molecule has 0 aliphatic rings. The van der Waals surface area contributed by atoms with Crippen LogP contribution in [0, 0.1) is 29.9 Å². The molecule has 0 saturated heterocycles. The SMILES string of the molecule is Cc1cc(OCc2ccc(F)cc2F)cc(-c2nn[nH]c2C#N)c1. The van der Waals surface area contributed by atoms with Gasteiger partial charge >= 0.3 is 0 Å². The number of H-pyrrole nitrogens is 1. The third kappa shape index (κ3) is 3.22. The summed E-state index contributed by atoms with van der Waals surface area (Å²) in [7, 11) is 0. The van der Waals surface area contributed by atoms with Crippen LogP contribution in [0.1, 0.15) is 16.8 Å². The Morgan fingerprint density at radius 3 is 2.79 bits per heavy atom. The van der Waals surface area contributed by atoms with Gasteiger partial charge in [-0.05, 0) is 42.8 Å². The van der Waals surface area contributed by atoms with Crippen molar-refractivity contribution in [1.82, 2.24) is 15.4 Å². The van der Waals surface area contributed by atoms with Crippen LogP contribution in [-0.4, -0.2) is 15.4 Å². The van der Waals surface area contributed by atoms with E-state index in [0.717, 1.165) is 11.6 Å². The average molecular weight is 326 g/mol. The summed E-state index contributed by atoms with van der Waals surface area (Å²) >= 11 is 0. The lowest BCUT2D eigenvalue weighted by Gasteiger charge is -2.10. The third-order valence-corrected chi connectivity index (χ3v) is 3.39. The molecule has 0 aliphatic heterocycles. The number of rotatable bonds is 4. The van der Waals surface area contributed by atoms with Gasteiger partial charge in [0, 0.05) is 17.2 Å². The minimum Gasteiger partial charge on any atom is -0.489 e. The van der Waals surface area contributed by atoms with Gasteiger partial charge in [-0.1, -0.05) is 5.21 Å². The maximum atomic E-state index is 13.7. The fourth-order valence-corrected chi connectivity index (χ4v) is 2.28. The van der Waals surface area contributed by atoms with Gasteiger partial charge < -0.3 is 4.74 Å². The molecular formula is C17H12F2N4O. The van der Waals surface area contributed by atoms with E-state index in [1.54, 1.807) is 12.1 Å². The van der Waals surface area contributed by atoms with Gasteiger partial charge in [0.25, 0.3) is 0 Å². The molecule has 5 nitrogen and oxygen atoms in total. The van der Waals surface area contributed by atoms with E-state index in [4.69, 9.17) is 10.00 Å². The smallest absolute Gasteiger partial charge is 0.163 e. The topological polar surface area (TPSA) is 74.6 Å². The Morgan fingerprint density at radius 1 is 1.21 bits per heavy atom. The Morgan fingerprint density at radius 2 is 2.04 bits per heavy atom. The monoisotopic (exact) mass is 326 g/mol. The number of benzene rings is 2. The Balaban J connectivity index is 1.85. The van der Waals surface area contributed by atoms with Crippen LogP contribution in [0.3, 0.4) is 0 Å². The third-order valence-electron chi connectivity index (χ3n) is 3.39. The molecule has 0 amide bonds. The molecule has 0 spiro atoms. The second-order valence-electron chi connectivity index (χ2n) is 5.21. The fourth-order valence-electron chi connectivity index (χ4n) is 2.28. The average Bonchev–Trinajstić information content (AvgIpc) is 3.02. The summed E-state index contributed by atoms with van der Waals surface area (Å²) in [6.07, 6.45) is 0. The first kappa shape index (κ1) is 15.6. The van der Waals surface area contributed by atoms with Crippen molar-refractivity contribution in [2.45, 2.75) is 13.5 Å². The highest BCUT2D eigenvalue weighted by molar-refractivity contribution is 5.66. The second kappa shape index (κ2) is 6.46. The molecule has 0 aliphatic carbocycles. The molecule has 7 heteroatoms. The van der Waals surface area contributed by atoms with Gasteiger partial charge in [-0.25, -0.2) is 13.9 Å². The maximum absolute atomic E-state index is 13.7. The van der Waals surface area contributed by atoms with Gasteiger partial charge in [0.2, 0.25) is 0 Å².